The van der Waals surface area contributed by atoms with E-state index in [9.17, 15) is 0 Å². The zero-order chi connectivity index (χ0) is 23.7. The number of nitrogens with one attached hydrogen (secondary N) is 1. The van der Waals surface area contributed by atoms with Gasteiger partial charge < -0.3 is 29.0 Å². The van der Waals surface area contributed by atoms with E-state index in [0.717, 1.165) is 11.1 Å². The summed E-state index contributed by atoms with van der Waals surface area (Å²) < 4.78 is 29.4. The van der Waals surface area contributed by atoms with Gasteiger partial charge in [-0.2, -0.15) is 0 Å². The molecule has 4 atom stereocenters. The van der Waals surface area contributed by atoms with Crippen molar-refractivity contribution in [2.45, 2.75) is 25.2 Å². The number of aromatic nitrogens is 2. The lowest BCUT2D eigenvalue weighted by Crippen LogP contribution is -2.32. The summed E-state index contributed by atoms with van der Waals surface area (Å²) in [5.74, 6) is 1.94. The molecule has 2 aromatic carbocycles. The molecule has 2 saturated heterocycles. The molecule has 3 aromatic rings. The van der Waals surface area contributed by atoms with Crippen LogP contribution in [0.15, 0.2) is 36.7 Å². The van der Waals surface area contributed by atoms with Gasteiger partial charge in [0.15, 0.2) is 11.5 Å². The molecule has 2 aliphatic rings. The SMILES string of the molecule is CCOc1cc2c(Nc3ccc(Cl)c(Cl)c3)ncnc2cc1OCC1COC2C(OC)COC12. The Morgan fingerprint density at radius 3 is 2.62 bits per heavy atom. The van der Waals surface area contributed by atoms with Crippen LogP contribution in [0.4, 0.5) is 11.5 Å². The highest BCUT2D eigenvalue weighted by molar-refractivity contribution is 6.42. The molecule has 0 aliphatic carbocycles. The molecule has 2 aliphatic heterocycles. The number of fused-ring (bicyclic) bond motifs is 2. The van der Waals surface area contributed by atoms with Crippen LogP contribution in [0, 0.1) is 5.92 Å². The van der Waals surface area contributed by atoms with E-state index in [1.54, 1.807) is 19.2 Å². The van der Waals surface area contributed by atoms with Crippen molar-refractivity contribution in [2.24, 2.45) is 5.92 Å². The maximum atomic E-state index is 6.21. The Morgan fingerprint density at radius 2 is 1.82 bits per heavy atom. The number of nitrogens with zero attached hydrogens (tertiary/aromatic N) is 2. The van der Waals surface area contributed by atoms with Crippen LogP contribution in [0.25, 0.3) is 10.9 Å². The molecule has 0 radical (unpaired) electrons. The van der Waals surface area contributed by atoms with Crippen molar-refractivity contribution in [1.82, 2.24) is 9.97 Å². The molecule has 5 rings (SSSR count). The number of anilines is 2. The molecule has 180 valence electrons. The highest BCUT2D eigenvalue weighted by atomic mass is 35.5. The number of benzene rings is 2. The Hall–Kier alpha value is -2.36. The summed E-state index contributed by atoms with van der Waals surface area (Å²) in [5, 5.41) is 5.01. The van der Waals surface area contributed by atoms with E-state index in [0.29, 0.717) is 59.3 Å². The van der Waals surface area contributed by atoms with Gasteiger partial charge in [-0.15, -0.1) is 0 Å². The van der Waals surface area contributed by atoms with Gasteiger partial charge in [-0.3, -0.25) is 0 Å². The molecule has 2 fully saturated rings. The quantitative estimate of drug-likeness (QED) is 0.463. The fourth-order valence-corrected chi connectivity index (χ4v) is 4.64. The molecule has 0 amide bonds. The monoisotopic (exact) mass is 505 g/mol. The van der Waals surface area contributed by atoms with Crippen LogP contribution in [0.5, 0.6) is 11.5 Å². The Balaban J connectivity index is 1.38. The molecule has 3 heterocycles. The van der Waals surface area contributed by atoms with Crippen molar-refractivity contribution in [2.75, 3.05) is 38.9 Å². The molecule has 1 N–H and O–H groups in total. The molecular formula is C24H25Cl2N3O5. The zero-order valence-corrected chi connectivity index (χ0v) is 20.3. The molecule has 1 aromatic heterocycles. The second kappa shape index (κ2) is 10.1. The van der Waals surface area contributed by atoms with E-state index in [-0.39, 0.29) is 24.2 Å². The van der Waals surface area contributed by atoms with Crippen molar-refractivity contribution in [3.05, 3.63) is 46.7 Å². The summed E-state index contributed by atoms with van der Waals surface area (Å²) in [4.78, 5) is 8.84. The van der Waals surface area contributed by atoms with Crippen molar-refractivity contribution in [3.63, 3.8) is 0 Å². The standard InChI is InChI=1S/C24H25Cl2N3O5/c1-3-31-19-7-15-18(27-12-28-24(15)29-14-4-5-16(25)17(26)6-14)8-20(19)32-9-13-10-33-23-21(30-2)11-34-22(13)23/h4-8,12-13,21-23H,3,9-11H2,1-2H3,(H,27,28,29). The molecule has 34 heavy (non-hydrogen) atoms. The third kappa shape index (κ3) is 4.61. The van der Waals surface area contributed by atoms with Gasteiger partial charge >= 0.3 is 0 Å². The molecule has 10 heteroatoms. The summed E-state index contributed by atoms with van der Waals surface area (Å²) in [6.45, 7) is 3.95. The van der Waals surface area contributed by atoms with Gasteiger partial charge in [0.1, 0.15) is 24.4 Å². The number of ether oxygens (including phenoxy) is 5. The molecule has 8 nitrogen and oxygen atoms in total. The van der Waals surface area contributed by atoms with Gasteiger partial charge in [-0.05, 0) is 31.2 Å². The minimum absolute atomic E-state index is 0.0344. The van der Waals surface area contributed by atoms with E-state index in [2.05, 4.69) is 15.3 Å². The smallest absolute Gasteiger partial charge is 0.163 e. The van der Waals surface area contributed by atoms with E-state index in [1.165, 1.54) is 6.33 Å². The van der Waals surface area contributed by atoms with Crippen LogP contribution >= 0.6 is 23.2 Å². The highest BCUT2D eigenvalue weighted by Crippen LogP contribution is 2.37. The van der Waals surface area contributed by atoms with Gasteiger partial charge in [-0.25, -0.2) is 9.97 Å². The van der Waals surface area contributed by atoms with Crippen molar-refractivity contribution in [1.29, 1.82) is 0 Å². The first-order chi connectivity index (χ1) is 16.6. The maximum absolute atomic E-state index is 6.21. The number of methoxy groups -OCH3 is 1. The Bertz CT molecular complexity index is 1180. The Labute approximate surface area is 207 Å². The van der Waals surface area contributed by atoms with Gasteiger partial charge in [-0.1, -0.05) is 23.2 Å². The lowest BCUT2D eigenvalue weighted by atomic mass is 10.0. The van der Waals surface area contributed by atoms with Gasteiger partial charge in [0.05, 0.1) is 48.1 Å². The second-order valence-corrected chi connectivity index (χ2v) is 8.98. The van der Waals surface area contributed by atoms with Gasteiger partial charge in [0.25, 0.3) is 0 Å². The summed E-state index contributed by atoms with van der Waals surface area (Å²) in [5.41, 5.74) is 1.47. The third-order valence-electron chi connectivity index (χ3n) is 6.05. The van der Waals surface area contributed by atoms with Crippen LogP contribution in [-0.4, -0.2) is 61.8 Å². The second-order valence-electron chi connectivity index (χ2n) is 8.17. The highest BCUT2D eigenvalue weighted by Gasteiger charge is 2.48. The van der Waals surface area contributed by atoms with Crippen LogP contribution in [-0.2, 0) is 14.2 Å². The number of hydrogen-bond acceptors (Lipinski definition) is 8. The predicted molar refractivity (Wildman–Crippen MR) is 130 cm³/mol. The van der Waals surface area contributed by atoms with Gasteiger partial charge in [0, 0.05) is 30.2 Å². The lowest BCUT2D eigenvalue weighted by molar-refractivity contribution is -0.0104. The van der Waals surface area contributed by atoms with E-state index in [1.807, 2.05) is 25.1 Å². The van der Waals surface area contributed by atoms with Crippen molar-refractivity contribution < 1.29 is 23.7 Å². The molecule has 0 bridgehead atoms. The minimum atomic E-state index is -0.0516. The van der Waals surface area contributed by atoms with E-state index < -0.39 is 0 Å². The number of rotatable bonds is 8. The molecule has 4 unspecified atom stereocenters. The van der Waals surface area contributed by atoms with Crippen molar-refractivity contribution >= 4 is 45.6 Å². The summed E-state index contributed by atoms with van der Waals surface area (Å²) in [6.07, 6.45) is 1.38. The van der Waals surface area contributed by atoms with Gasteiger partial charge in [0.2, 0.25) is 0 Å². The predicted octanol–water partition coefficient (Wildman–Crippen LogP) is 4.89. The van der Waals surface area contributed by atoms with Crippen LogP contribution in [0.1, 0.15) is 6.92 Å². The Kier molecular flexibility index (Phi) is 6.94. The molecule has 0 spiro atoms. The molecule has 0 saturated carbocycles. The summed E-state index contributed by atoms with van der Waals surface area (Å²) in [7, 11) is 1.68. The first-order valence-electron chi connectivity index (χ1n) is 11.1. The number of hydrogen-bond donors (Lipinski definition) is 1. The van der Waals surface area contributed by atoms with Crippen LogP contribution in [0.3, 0.4) is 0 Å². The number of halogens is 2. The first kappa shape index (κ1) is 23.4. The van der Waals surface area contributed by atoms with E-state index in [4.69, 9.17) is 46.9 Å². The summed E-state index contributed by atoms with van der Waals surface area (Å²) in [6, 6.07) is 9.05. The Morgan fingerprint density at radius 1 is 1.00 bits per heavy atom. The topological polar surface area (TPSA) is 84.0 Å². The first-order valence-corrected chi connectivity index (χ1v) is 11.9. The van der Waals surface area contributed by atoms with Crippen LogP contribution < -0.4 is 14.8 Å². The zero-order valence-electron chi connectivity index (χ0n) is 18.8. The fraction of sp³-hybridized carbons (Fsp3) is 0.417. The van der Waals surface area contributed by atoms with Crippen LogP contribution in [0.2, 0.25) is 10.0 Å². The average Bonchev–Trinajstić information content (AvgIpc) is 3.43. The van der Waals surface area contributed by atoms with E-state index >= 15 is 0 Å². The summed E-state index contributed by atoms with van der Waals surface area (Å²) >= 11 is 12.2. The lowest BCUT2D eigenvalue weighted by Gasteiger charge is -2.19. The largest absolute Gasteiger partial charge is 0.490 e. The van der Waals surface area contributed by atoms with Crippen molar-refractivity contribution in [3.8, 4) is 11.5 Å². The minimum Gasteiger partial charge on any atom is -0.490 e. The maximum Gasteiger partial charge on any atom is 0.163 e. The fourth-order valence-electron chi connectivity index (χ4n) is 4.34. The third-order valence-corrected chi connectivity index (χ3v) is 6.79. The molecular weight excluding hydrogens is 481 g/mol. The normalized spacial score (nSPS) is 23.8. The average molecular weight is 506 g/mol.